The Balaban J connectivity index is 1.28. The van der Waals surface area contributed by atoms with Crippen molar-refractivity contribution in [2.75, 3.05) is 0 Å². The van der Waals surface area contributed by atoms with Crippen LogP contribution in [0.2, 0.25) is 0 Å². The summed E-state index contributed by atoms with van der Waals surface area (Å²) in [6, 6.07) is 59.3. The molecule has 0 aliphatic heterocycles. The molecule has 0 amide bonds. The zero-order valence-electron chi connectivity index (χ0n) is 27.7. The third-order valence-electron chi connectivity index (χ3n) is 10.8. The van der Waals surface area contributed by atoms with Crippen LogP contribution in [0, 0.1) is 0 Å². The molecule has 3 heteroatoms. The molecule has 1 aliphatic carbocycles. The molecule has 0 saturated carbocycles. The van der Waals surface area contributed by atoms with Crippen LogP contribution in [-0.2, 0) is 6.42 Å². The summed E-state index contributed by atoms with van der Waals surface area (Å²) < 4.78 is 2.67. The van der Waals surface area contributed by atoms with Gasteiger partial charge >= 0.3 is 0 Å². The van der Waals surface area contributed by atoms with E-state index >= 15 is 0 Å². The van der Waals surface area contributed by atoms with E-state index < -0.39 is 0 Å². The van der Waals surface area contributed by atoms with Gasteiger partial charge in [-0.1, -0.05) is 140 Å². The van der Waals surface area contributed by atoms with E-state index in [-0.39, 0.29) is 5.92 Å². The van der Waals surface area contributed by atoms with Crippen molar-refractivity contribution >= 4 is 64.1 Å². The number of benzene rings is 8. The quantitative estimate of drug-likeness (QED) is 0.188. The van der Waals surface area contributed by atoms with E-state index in [0.717, 1.165) is 34.4 Å². The van der Waals surface area contributed by atoms with E-state index in [1.165, 1.54) is 75.1 Å². The average Bonchev–Trinajstić information content (AvgIpc) is 3.61. The molecule has 1 atom stereocenters. The summed E-state index contributed by atoms with van der Waals surface area (Å²) in [6.07, 6.45) is 0.851. The summed E-state index contributed by atoms with van der Waals surface area (Å²) >= 11 is 1.94. The minimum absolute atomic E-state index is 0.00572. The molecule has 10 aromatic rings. The molecule has 2 aromatic heterocycles. The Kier molecular flexibility index (Phi) is 6.28. The summed E-state index contributed by atoms with van der Waals surface area (Å²) in [5, 5.41) is 7.89. The van der Waals surface area contributed by atoms with Gasteiger partial charge in [-0.2, -0.15) is 0 Å². The Morgan fingerprint density at radius 1 is 0.510 bits per heavy atom. The Hall–Kier alpha value is -6.16. The van der Waals surface area contributed by atoms with Crippen LogP contribution >= 0.6 is 11.3 Å². The van der Waals surface area contributed by atoms with Gasteiger partial charge in [-0.25, -0.2) is 9.97 Å². The van der Waals surface area contributed by atoms with E-state index in [2.05, 4.69) is 164 Å². The fourth-order valence-corrected chi connectivity index (χ4v) is 9.90. The summed E-state index contributed by atoms with van der Waals surface area (Å²) in [4.78, 5) is 11.0. The summed E-state index contributed by atoms with van der Waals surface area (Å²) in [6.45, 7) is 0. The first-order valence-corrected chi connectivity index (χ1v) is 18.4. The van der Waals surface area contributed by atoms with Gasteiger partial charge in [0.15, 0.2) is 0 Å². The average molecular weight is 667 g/mol. The number of aromatic nitrogens is 2. The van der Waals surface area contributed by atoms with Crippen LogP contribution in [0.15, 0.2) is 164 Å². The molecule has 2 nitrogen and oxygen atoms in total. The van der Waals surface area contributed by atoms with Crippen molar-refractivity contribution in [3.63, 3.8) is 0 Å². The maximum absolute atomic E-state index is 5.58. The molecule has 0 saturated heterocycles. The van der Waals surface area contributed by atoms with Gasteiger partial charge in [0.2, 0.25) is 0 Å². The Morgan fingerprint density at radius 2 is 1.20 bits per heavy atom. The highest BCUT2D eigenvalue weighted by Crippen LogP contribution is 2.54. The largest absolute Gasteiger partial charge is 0.248 e. The predicted molar refractivity (Wildman–Crippen MR) is 216 cm³/mol. The minimum atomic E-state index is -0.00572. The maximum atomic E-state index is 5.58. The van der Waals surface area contributed by atoms with Crippen LogP contribution in [0.4, 0.5) is 0 Å². The highest BCUT2D eigenvalue weighted by atomic mass is 32.1. The van der Waals surface area contributed by atoms with Crippen molar-refractivity contribution in [3.8, 4) is 33.5 Å². The molecule has 51 heavy (non-hydrogen) atoms. The van der Waals surface area contributed by atoms with Gasteiger partial charge in [0, 0.05) is 31.7 Å². The van der Waals surface area contributed by atoms with E-state index in [1.54, 1.807) is 0 Å². The van der Waals surface area contributed by atoms with Crippen molar-refractivity contribution in [3.05, 3.63) is 181 Å². The van der Waals surface area contributed by atoms with Gasteiger partial charge < -0.3 is 0 Å². The van der Waals surface area contributed by atoms with E-state index in [9.17, 15) is 0 Å². The van der Waals surface area contributed by atoms with Gasteiger partial charge in [-0.3, -0.25) is 0 Å². The van der Waals surface area contributed by atoms with Crippen LogP contribution in [0.3, 0.4) is 0 Å². The molecule has 0 N–H and O–H groups in total. The highest BCUT2D eigenvalue weighted by molar-refractivity contribution is 7.26. The normalized spacial score (nSPS) is 14.0. The fraction of sp³-hybridized carbons (Fsp3) is 0.0417. The summed E-state index contributed by atoms with van der Waals surface area (Å²) in [5.74, 6) is -0.00572. The molecule has 1 aliphatic rings. The third-order valence-corrected chi connectivity index (χ3v) is 12.0. The molecule has 0 fully saturated rings. The first-order chi connectivity index (χ1) is 25.3. The van der Waals surface area contributed by atoms with Crippen molar-refractivity contribution in [1.82, 2.24) is 9.97 Å². The number of hydrogen-bond donors (Lipinski definition) is 0. The van der Waals surface area contributed by atoms with Crippen LogP contribution in [-0.4, -0.2) is 9.97 Å². The standard InChI is InChI=1S/C48H30N2S/c1-2-13-29(14-3-1)31-17-12-18-33(27-31)46-47(50-40-24-11-10-23-39(40)49-46)38-28-32-16-5-7-20-35(32)42-36-21-8-9-22-37(36)44-43-34-19-6-4-15-30(34)25-26-41(43)51-48(44)45(38)42/h1-27,38H,28H2. The molecule has 8 aromatic carbocycles. The zero-order valence-corrected chi connectivity index (χ0v) is 28.5. The molecule has 0 spiro atoms. The van der Waals surface area contributed by atoms with E-state index in [0.29, 0.717) is 0 Å². The second kappa shape index (κ2) is 11.2. The maximum Gasteiger partial charge on any atom is 0.0931 e. The molecular formula is C48H30N2S. The second-order valence-electron chi connectivity index (χ2n) is 13.6. The first-order valence-electron chi connectivity index (χ1n) is 17.6. The summed E-state index contributed by atoms with van der Waals surface area (Å²) in [5.41, 5.74) is 12.7. The molecule has 11 rings (SSSR count). The lowest BCUT2D eigenvalue weighted by atomic mass is 9.74. The third kappa shape index (κ3) is 4.35. The highest BCUT2D eigenvalue weighted by Gasteiger charge is 2.34. The Morgan fingerprint density at radius 3 is 2.08 bits per heavy atom. The molecule has 1 unspecified atom stereocenters. The van der Waals surface area contributed by atoms with Gasteiger partial charge in [0.1, 0.15) is 0 Å². The second-order valence-corrected chi connectivity index (χ2v) is 14.7. The van der Waals surface area contributed by atoms with Gasteiger partial charge in [-0.05, 0) is 85.6 Å². The van der Waals surface area contributed by atoms with Crippen LogP contribution in [0.25, 0.3) is 86.3 Å². The number of thiophene rings is 1. The van der Waals surface area contributed by atoms with Gasteiger partial charge in [0.05, 0.1) is 22.4 Å². The monoisotopic (exact) mass is 666 g/mol. The number of para-hydroxylation sites is 2. The van der Waals surface area contributed by atoms with Crippen LogP contribution < -0.4 is 0 Å². The fourth-order valence-electron chi connectivity index (χ4n) is 8.56. The molecule has 0 bridgehead atoms. The minimum Gasteiger partial charge on any atom is -0.248 e. The lowest BCUT2D eigenvalue weighted by Gasteiger charge is -2.31. The smallest absolute Gasteiger partial charge is 0.0931 e. The molecule has 2 heterocycles. The molecule has 0 radical (unpaired) electrons. The predicted octanol–water partition coefficient (Wildman–Crippen LogP) is 13.0. The van der Waals surface area contributed by atoms with Gasteiger partial charge in [0.25, 0.3) is 0 Å². The van der Waals surface area contributed by atoms with E-state index in [4.69, 9.17) is 9.97 Å². The van der Waals surface area contributed by atoms with Gasteiger partial charge in [-0.15, -0.1) is 11.3 Å². The summed E-state index contributed by atoms with van der Waals surface area (Å²) in [7, 11) is 0. The number of rotatable bonds is 3. The number of fused-ring (bicyclic) bond motifs is 13. The zero-order chi connectivity index (χ0) is 33.5. The Labute approximate surface area is 299 Å². The topological polar surface area (TPSA) is 25.8 Å². The molecular weight excluding hydrogens is 637 g/mol. The van der Waals surface area contributed by atoms with Crippen molar-refractivity contribution in [2.45, 2.75) is 12.3 Å². The first kappa shape index (κ1) is 28.7. The molecule has 238 valence electrons. The number of nitrogens with zero attached hydrogens (tertiary/aromatic N) is 2. The van der Waals surface area contributed by atoms with Crippen molar-refractivity contribution in [1.29, 1.82) is 0 Å². The lowest BCUT2D eigenvalue weighted by molar-refractivity contribution is 0.775. The number of hydrogen-bond acceptors (Lipinski definition) is 3. The van der Waals surface area contributed by atoms with E-state index in [1.807, 2.05) is 11.3 Å². The van der Waals surface area contributed by atoms with Crippen LogP contribution in [0.1, 0.15) is 22.7 Å². The Bertz CT molecular complexity index is 3010. The van der Waals surface area contributed by atoms with Crippen molar-refractivity contribution < 1.29 is 0 Å². The van der Waals surface area contributed by atoms with Crippen molar-refractivity contribution in [2.24, 2.45) is 0 Å². The SMILES string of the molecule is c1ccc(-c2cccc(-c3nc4ccccc4nc3C3Cc4ccccc4-c4c3c3sc5ccc6ccccc6c5c3c3ccccc43)c2)cc1. The van der Waals surface area contributed by atoms with Crippen LogP contribution in [0.5, 0.6) is 0 Å². The lowest BCUT2D eigenvalue weighted by Crippen LogP contribution is -2.16.